The van der Waals surface area contributed by atoms with E-state index in [1.165, 1.54) is 17.2 Å². The number of nitrogens with zero attached hydrogens (tertiary/aromatic N) is 4. The summed E-state index contributed by atoms with van der Waals surface area (Å²) in [6, 6.07) is 0. The van der Waals surface area contributed by atoms with Gasteiger partial charge in [0, 0.05) is 7.11 Å². The van der Waals surface area contributed by atoms with Crippen LogP contribution < -0.4 is 5.73 Å². The fraction of sp³-hybridized carbons (Fsp3) is 0.545. The molecule has 0 bridgehead atoms. The lowest BCUT2D eigenvalue weighted by molar-refractivity contribution is -0.0504. The van der Waals surface area contributed by atoms with E-state index < -0.39 is 39.0 Å². The van der Waals surface area contributed by atoms with Crippen molar-refractivity contribution in [2.75, 3.05) is 19.5 Å². The molecule has 5 unspecified atom stereocenters. The zero-order valence-electron chi connectivity index (χ0n) is 13.3. The number of imidazole rings is 1. The molecule has 0 radical (unpaired) electrons. The Morgan fingerprint density at radius 1 is 1.38 bits per heavy atom. The van der Waals surface area contributed by atoms with E-state index in [9.17, 15) is 14.8 Å². The van der Waals surface area contributed by atoms with Crippen LogP contribution in [0.1, 0.15) is 6.23 Å². The highest BCUT2D eigenvalue weighted by Crippen LogP contribution is 2.52. The monoisotopic (exact) mass is 409 g/mol. The SMILES string of the molecule is COP(=O)(OCC1OC(n2cnc3c(N)ncnc32)C(O)C1O)OSO. The summed E-state index contributed by atoms with van der Waals surface area (Å²) in [5.74, 6) is 0.154. The van der Waals surface area contributed by atoms with Crippen molar-refractivity contribution in [2.24, 2.45) is 0 Å². The van der Waals surface area contributed by atoms with Gasteiger partial charge in [0.05, 0.1) is 12.9 Å². The molecule has 2 aromatic heterocycles. The summed E-state index contributed by atoms with van der Waals surface area (Å²) in [6.45, 7) is -0.440. The van der Waals surface area contributed by atoms with Crippen LogP contribution in [0.25, 0.3) is 11.2 Å². The molecule has 13 nitrogen and oxygen atoms in total. The Labute approximate surface area is 151 Å². The molecule has 1 saturated heterocycles. The Hall–Kier alpha value is -1.35. The summed E-state index contributed by atoms with van der Waals surface area (Å²) in [5, 5.41) is 20.5. The smallest absolute Gasteiger partial charge is 0.387 e. The van der Waals surface area contributed by atoms with Crippen LogP contribution in [0.4, 0.5) is 5.82 Å². The highest BCUT2D eigenvalue weighted by molar-refractivity contribution is 7.92. The second-order valence-corrected chi connectivity index (χ2v) is 7.47. The van der Waals surface area contributed by atoms with Crippen LogP contribution in [-0.2, 0) is 22.3 Å². The Kier molecular flexibility index (Phi) is 5.76. The van der Waals surface area contributed by atoms with E-state index in [0.29, 0.717) is 11.2 Å². The van der Waals surface area contributed by atoms with Crippen molar-refractivity contribution in [1.29, 1.82) is 0 Å². The number of aliphatic hydroxyl groups excluding tert-OH is 2. The first kappa shape index (κ1) is 19.4. The van der Waals surface area contributed by atoms with Crippen molar-refractivity contribution in [2.45, 2.75) is 24.5 Å². The lowest BCUT2D eigenvalue weighted by Crippen LogP contribution is -2.33. The number of fused-ring (bicyclic) bond motifs is 1. The third-order valence-electron chi connectivity index (χ3n) is 3.74. The minimum Gasteiger partial charge on any atom is -0.387 e. The number of hydrogen-bond acceptors (Lipinski definition) is 13. The Balaban J connectivity index is 1.77. The van der Waals surface area contributed by atoms with E-state index in [2.05, 4.69) is 23.4 Å². The molecule has 0 amide bonds. The van der Waals surface area contributed by atoms with Crippen molar-refractivity contribution in [3.63, 3.8) is 0 Å². The van der Waals surface area contributed by atoms with Crippen LogP contribution in [-0.4, -0.2) is 66.3 Å². The van der Waals surface area contributed by atoms with Gasteiger partial charge < -0.3 is 25.2 Å². The lowest BCUT2D eigenvalue weighted by atomic mass is 10.1. The molecule has 3 rings (SSSR count). The van der Waals surface area contributed by atoms with Crippen molar-refractivity contribution in [3.8, 4) is 0 Å². The quantitative estimate of drug-likeness (QED) is 0.352. The number of aliphatic hydroxyl groups is 2. The maximum atomic E-state index is 12.0. The topological polar surface area (TPSA) is 184 Å². The first-order valence-electron chi connectivity index (χ1n) is 7.15. The third kappa shape index (κ3) is 3.55. The van der Waals surface area contributed by atoms with Crippen LogP contribution >= 0.6 is 20.1 Å². The Morgan fingerprint density at radius 3 is 2.85 bits per heavy atom. The molecule has 3 heterocycles. The zero-order valence-corrected chi connectivity index (χ0v) is 15.0. The van der Waals surface area contributed by atoms with Gasteiger partial charge in [0.2, 0.25) is 0 Å². The molecule has 1 aliphatic rings. The van der Waals surface area contributed by atoms with E-state index >= 15 is 0 Å². The van der Waals surface area contributed by atoms with Gasteiger partial charge in [0.25, 0.3) is 0 Å². The highest BCUT2D eigenvalue weighted by Gasteiger charge is 2.45. The van der Waals surface area contributed by atoms with Gasteiger partial charge in [-0.05, 0) is 0 Å². The molecule has 0 saturated carbocycles. The summed E-state index contributed by atoms with van der Waals surface area (Å²) in [7, 11) is -2.98. The number of phosphoric ester groups is 1. The molecular weight excluding hydrogens is 393 g/mol. The van der Waals surface area contributed by atoms with Crippen LogP contribution in [0.3, 0.4) is 0 Å². The maximum absolute atomic E-state index is 12.0. The number of hydrogen-bond donors (Lipinski definition) is 4. The van der Waals surface area contributed by atoms with Gasteiger partial charge in [0.15, 0.2) is 30.0 Å². The lowest BCUT2D eigenvalue weighted by Gasteiger charge is -2.18. The summed E-state index contributed by atoms with van der Waals surface area (Å²) in [4.78, 5) is 11.9. The number of rotatable bonds is 7. The first-order chi connectivity index (χ1) is 12.4. The third-order valence-corrected chi connectivity index (χ3v) is 5.65. The van der Waals surface area contributed by atoms with E-state index in [4.69, 9.17) is 19.5 Å². The van der Waals surface area contributed by atoms with Crippen LogP contribution in [0, 0.1) is 0 Å². The summed E-state index contributed by atoms with van der Waals surface area (Å²) in [6.07, 6.45) is -2.27. The van der Waals surface area contributed by atoms with Crippen LogP contribution in [0.2, 0.25) is 0 Å². The van der Waals surface area contributed by atoms with Crippen LogP contribution in [0.15, 0.2) is 12.7 Å². The molecule has 0 aromatic carbocycles. The second kappa shape index (κ2) is 7.72. The molecule has 5 atom stereocenters. The Morgan fingerprint density at radius 2 is 2.15 bits per heavy atom. The van der Waals surface area contributed by atoms with Crippen molar-refractivity contribution >= 4 is 37.1 Å². The van der Waals surface area contributed by atoms with E-state index in [-0.39, 0.29) is 18.1 Å². The predicted octanol–water partition coefficient (Wildman–Crippen LogP) is -0.0634. The predicted molar refractivity (Wildman–Crippen MR) is 87.5 cm³/mol. The molecule has 1 aliphatic heterocycles. The molecule has 1 fully saturated rings. The number of phosphoric acid groups is 1. The van der Waals surface area contributed by atoms with Gasteiger partial charge in [-0.25, -0.2) is 19.5 Å². The molecule has 0 spiro atoms. The van der Waals surface area contributed by atoms with Gasteiger partial charge >= 0.3 is 7.82 Å². The van der Waals surface area contributed by atoms with Crippen molar-refractivity contribution in [1.82, 2.24) is 19.5 Å². The average molecular weight is 409 g/mol. The first-order valence-corrected chi connectivity index (χ1v) is 9.31. The summed E-state index contributed by atoms with van der Waals surface area (Å²) in [5.41, 5.74) is 6.33. The van der Waals surface area contributed by atoms with Gasteiger partial charge in [-0.3, -0.25) is 13.6 Å². The fourth-order valence-corrected chi connectivity index (χ4v) is 3.64. The summed E-state index contributed by atoms with van der Waals surface area (Å²) >= 11 is -0.186. The van der Waals surface area contributed by atoms with Gasteiger partial charge in [-0.2, -0.15) is 3.97 Å². The van der Waals surface area contributed by atoms with E-state index in [1.54, 1.807) is 0 Å². The van der Waals surface area contributed by atoms with Crippen LogP contribution in [0.5, 0.6) is 0 Å². The normalized spacial score (nSPS) is 28.5. The molecule has 144 valence electrons. The number of nitrogens with two attached hydrogens (primary N) is 1. The van der Waals surface area contributed by atoms with Crippen molar-refractivity contribution < 1.29 is 37.1 Å². The van der Waals surface area contributed by atoms with E-state index in [0.717, 1.165) is 7.11 Å². The minimum atomic E-state index is -4.04. The van der Waals surface area contributed by atoms with Gasteiger partial charge in [0.1, 0.15) is 30.2 Å². The molecule has 15 heteroatoms. The summed E-state index contributed by atoms with van der Waals surface area (Å²) < 4.78 is 41.5. The molecule has 26 heavy (non-hydrogen) atoms. The standard InChI is InChI=1S/C11H16N5O8PS/c1-21-25(19,24-26-20)22-2-5-7(17)8(18)11(23-5)16-4-15-6-9(12)13-3-14-10(6)16/h3-5,7-8,11,17-18,20H,2H2,1H3,(H2,12,13,14). The molecular formula is C11H16N5O8PS. The second-order valence-electron chi connectivity index (χ2n) is 5.20. The minimum absolute atomic E-state index is 0.154. The molecule has 5 N–H and O–H groups in total. The largest absolute Gasteiger partial charge is 0.487 e. The average Bonchev–Trinajstić information content (AvgIpc) is 3.17. The van der Waals surface area contributed by atoms with E-state index in [1.807, 2.05) is 0 Å². The van der Waals surface area contributed by atoms with Gasteiger partial charge in [-0.15, -0.1) is 0 Å². The van der Waals surface area contributed by atoms with Crippen molar-refractivity contribution in [3.05, 3.63) is 12.7 Å². The fourth-order valence-electron chi connectivity index (χ4n) is 2.46. The number of ether oxygens (including phenoxy) is 1. The highest BCUT2D eigenvalue weighted by atomic mass is 32.2. The number of nitrogen functional groups attached to an aromatic ring is 1. The molecule has 2 aromatic rings. The maximum Gasteiger partial charge on any atom is 0.487 e. The number of anilines is 1. The number of aromatic nitrogens is 4. The Bertz CT molecular complexity index is 823. The zero-order chi connectivity index (χ0) is 18.9. The van der Waals surface area contributed by atoms with Gasteiger partial charge in [-0.1, -0.05) is 0 Å². The molecule has 0 aliphatic carbocycles.